The SMILES string of the molecule is CC/C=C\C=C/C(C)C(=O)NC(Cc1ccc(O)cc1)C(=O)Nc1cccc2c1OCCO2. The first-order chi connectivity index (χ1) is 16.0. The largest absolute Gasteiger partial charge is 0.508 e. The number of fused-ring (bicyclic) bond motifs is 1. The number of aromatic hydroxyl groups is 1. The molecule has 1 aliphatic heterocycles. The Morgan fingerprint density at radius 2 is 1.82 bits per heavy atom. The number of ether oxygens (including phenoxy) is 2. The van der Waals surface area contributed by atoms with Crippen LogP contribution in [-0.4, -0.2) is 36.2 Å². The maximum absolute atomic E-state index is 13.2. The van der Waals surface area contributed by atoms with Crippen LogP contribution in [0.5, 0.6) is 17.2 Å². The zero-order valence-corrected chi connectivity index (χ0v) is 18.9. The minimum absolute atomic E-state index is 0.135. The average Bonchev–Trinajstić information content (AvgIpc) is 2.82. The lowest BCUT2D eigenvalue weighted by molar-refractivity contribution is -0.127. The minimum atomic E-state index is -0.829. The van der Waals surface area contributed by atoms with Gasteiger partial charge in [-0.3, -0.25) is 9.59 Å². The summed E-state index contributed by atoms with van der Waals surface area (Å²) in [5.41, 5.74) is 1.29. The van der Waals surface area contributed by atoms with Crippen molar-refractivity contribution in [2.75, 3.05) is 18.5 Å². The second-order valence-corrected chi connectivity index (χ2v) is 7.76. The van der Waals surface area contributed by atoms with E-state index in [9.17, 15) is 14.7 Å². The van der Waals surface area contributed by atoms with Crippen LogP contribution < -0.4 is 20.1 Å². The van der Waals surface area contributed by atoms with Crippen LogP contribution in [0.25, 0.3) is 0 Å². The number of nitrogens with one attached hydrogen (secondary N) is 2. The van der Waals surface area contributed by atoms with E-state index in [0.29, 0.717) is 30.4 Å². The molecule has 3 rings (SSSR count). The zero-order chi connectivity index (χ0) is 23.6. The number of rotatable bonds is 9. The Kier molecular flexibility index (Phi) is 8.52. The van der Waals surface area contributed by atoms with E-state index in [-0.39, 0.29) is 24.0 Å². The van der Waals surface area contributed by atoms with E-state index in [0.717, 1.165) is 12.0 Å². The molecule has 33 heavy (non-hydrogen) atoms. The van der Waals surface area contributed by atoms with Crippen molar-refractivity contribution in [1.29, 1.82) is 0 Å². The molecule has 2 amide bonds. The first-order valence-corrected chi connectivity index (χ1v) is 11.1. The number of allylic oxidation sites excluding steroid dienone is 3. The number of para-hydroxylation sites is 1. The predicted octanol–water partition coefficient (Wildman–Crippen LogP) is 3.99. The van der Waals surface area contributed by atoms with Crippen molar-refractivity contribution in [1.82, 2.24) is 5.32 Å². The Labute approximate surface area is 194 Å². The summed E-state index contributed by atoms with van der Waals surface area (Å²) in [6.45, 7) is 4.65. The van der Waals surface area contributed by atoms with Crippen LogP contribution in [-0.2, 0) is 16.0 Å². The number of phenols is 1. The van der Waals surface area contributed by atoms with E-state index in [1.165, 1.54) is 0 Å². The first kappa shape index (κ1) is 23.9. The van der Waals surface area contributed by atoms with Gasteiger partial charge in [-0.25, -0.2) is 0 Å². The minimum Gasteiger partial charge on any atom is -0.508 e. The molecular weight excluding hydrogens is 420 g/mol. The van der Waals surface area contributed by atoms with E-state index in [1.54, 1.807) is 55.5 Å². The molecular formula is C26H30N2O5. The molecule has 0 radical (unpaired) electrons. The van der Waals surface area contributed by atoms with Crippen LogP contribution >= 0.6 is 0 Å². The molecule has 0 aliphatic carbocycles. The Morgan fingerprint density at radius 1 is 1.06 bits per heavy atom. The van der Waals surface area contributed by atoms with E-state index < -0.39 is 12.0 Å². The Balaban J connectivity index is 1.77. The molecule has 0 aromatic heterocycles. The van der Waals surface area contributed by atoms with Crippen LogP contribution in [0.4, 0.5) is 5.69 Å². The number of amides is 2. The molecule has 0 saturated heterocycles. The molecule has 0 fully saturated rings. The van der Waals surface area contributed by atoms with Gasteiger partial charge in [0.25, 0.3) is 0 Å². The molecule has 174 valence electrons. The third kappa shape index (κ3) is 6.87. The van der Waals surface area contributed by atoms with Crippen molar-refractivity contribution in [3.8, 4) is 17.2 Å². The number of anilines is 1. The van der Waals surface area contributed by atoms with Gasteiger partial charge in [0.15, 0.2) is 11.5 Å². The smallest absolute Gasteiger partial charge is 0.247 e. The maximum atomic E-state index is 13.2. The summed E-state index contributed by atoms with van der Waals surface area (Å²) >= 11 is 0. The van der Waals surface area contributed by atoms with E-state index in [1.807, 2.05) is 25.2 Å². The van der Waals surface area contributed by atoms with Gasteiger partial charge < -0.3 is 25.2 Å². The number of benzene rings is 2. The highest BCUT2D eigenvalue weighted by atomic mass is 16.6. The van der Waals surface area contributed by atoms with Gasteiger partial charge in [-0.1, -0.05) is 56.4 Å². The summed E-state index contributed by atoms with van der Waals surface area (Å²) in [6.07, 6.45) is 8.68. The second kappa shape index (κ2) is 11.8. The summed E-state index contributed by atoms with van der Waals surface area (Å²) in [7, 11) is 0. The summed E-state index contributed by atoms with van der Waals surface area (Å²) in [6, 6.07) is 11.0. The number of carbonyl (C=O) groups is 2. The summed E-state index contributed by atoms with van der Waals surface area (Å²) in [5.74, 6) is 0.132. The third-order valence-electron chi connectivity index (χ3n) is 5.13. The van der Waals surface area contributed by atoms with Gasteiger partial charge >= 0.3 is 0 Å². The van der Waals surface area contributed by atoms with Gasteiger partial charge in [0.2, 0.25) is 11.8 Å². The molecule has 2 aromatic carbocycles. The number of hydrogen-bond donors (Lipinski definition) is 3. The van der Waals surface area contributed by atoms with Gasteiger partial charge in [-0.15, -0.1) is 0 Å². The molecule has 3 N–H and O–H groups in total. The topological polar surface area (TPSA) is 96.9 Å². The molecule has 0 saturated carbocycles. The van der Waals surface area contributed by atoms with Crippen molar-refractivity contribution in [2.45, 2.75) is 32.7 Å². The van der Waals surface area contributed by atoms with Gasteiger partial charge in [0.1, 0.15) is 25.0 Å². The summed E-state index contributed by atoms with van der Waals surface area (Å²) in [4.78, 5) is 26.0. The average molecular weight is 451 g/mol. The van der Waals surface area contributed by atoms with Crippen molar-refractivity contribution >= 4 is 17.5 Å². The fraction of sp³-hybridized carbons (Fsp3) is 0.308. The molecule has 0 spiro atoms. The normalized spacial score (nSPS) is 14.7. The standard InChI is InChI=1S/C26H30N2O5/c1-3-4-5-6-8-18(2)25(30)28-22(17-19-11-13-20(29)14-12-19)26(31)27-21-9-7-10-23-24(21)33-16-15-32-23/h4-14,18,22,29H,3,15-17H2,1-2H3,(H,27,31)(H,28,30)/b5-4-,8-6-. The summed E-state index contributed by atoms with van der Waals surface area (Å²) < 4.78 is 11.3. The highest BCUT2D eigenvalue weighted by Crippen LogP contribution is 2.37. The van der Waals surface area contributed by atoms with Gasteiger partial charge in [-0.2, -0.15) is 0 Å². The van der Waals surface area contributed by atoms with Gasteiger partial charge in [0.05, 0.1) is 11.6 Å². The lowest BCUT2D eigenvalue weighted by Crippen LogP contribution is -2.46. The predicted molar refractivity (Wildman–Crippen MR) is 128 cm³/mol. The monoisotopic (exact) mass is 450 g/mol. The molecule has 2 atom stereocenters. The Morgan fingerprint density at radius 3 is 2.58 bits per heavy atom. The number of hydrogen-bond acceptors (Lipinski definition) is 5. The zero-order valence-electron chi connectivity index (χ0n) is 18.9. The fourth-order valence-corrected chi connectivity index (χ4v) is 3.31. The van der Waals surface area contributed by atoms with E-state index in [2.05, 4.69) is 10.6 Å². The summed E-state index contributed by atoms with van der Waals surface area (Å²) in [5, 5.41) is 15.3. The van der Waals surface area contributed by atoms with Gasteiger partial charge in [0, 0.05) is 6.42 Å². The number of carbonyl (C=O) groups excluding carboxylic acids is 2. The van der Waals surface area contributed by atoms with Gasteiger partial charge in [-0.05, 0) is 36.2 Å². The first-order valence-electron chi connectivity index (χ1n) is 11.1. The Hall–Kier alpha value is -3.74. The van der Waals surface area contributed by atoms with Crippen LogP contribution in [0.2, 0.25) is 0 Å². The molecule has 7 nitrogen and oxygen atoms in total. The van der Waals surface area contributed by atoms with Crippen molar-refractivity contribution in [3.05, 3.63) is 72.3 Å². The van der Waals surface area contributed by atoms with Crippen LogP contribution in [0, 0.1) is 5.92 Å². The molecule has 2 aromatic rings. The molecule has 0 bridgehead atoms. The maximum Gasteiger partial charge on any atom is 0.247 e. The molecule has 2 unspecified atom stereocenters. The molecule has 1 aliphatic rings. The molecule has 1 heterocycles. The van der Waals surface area contributed by atoms with E-state index >= 15 is 0 Å². The highest BCUT2D eigenvalue weighted by Gasteiger charge is 2.25. The van der Waals surface area contributed by atoms with Crippen LogP contribution in [0.15, 0.2) is 66.8 Å². The van der Waals surface area contributed by atoms with E-state index in [4.69, 9.17) is 9.47 Å². The lowest BCUT2D eigenvalue weighted by Gasteiger charge is -2.23. The van der Waals surface area contributed by atoms with Crippen molar-refractivity contribution < 1.29 is 24.2 Å². The second-order valence-electron chi connectivity index (χ2n) is 7.76. The van der Waals surface area contributed by atoms with Crippen LogP contribution in [0.1, 0.15) is 25.8 Å². The third-order valence-corrected chi connectivity index (χ3v) is 5.13. The highest BCUT2D eigenvalue weighted by molar-refractivity contribution is 5.99. The quantitative estimate of drug-likeness (QED) is 0.502. The van der Waals surface area contributed by atoms with Crippen molar-refractivity contribution in [3.63, 3.8) is 0 Å². The Bertz CT molecular complexity index is 1010. The van der Waals surface area contributed by atoms with Crippen LogP contribution in [0.3, 0.4) is 0 Å². The lowest BCUT2D eigenvalue weighted by atomic mass is 10.0. The fourth-order valence-electron chi connectivity index (χ4n) is 3.31. The van der Waals surface area contributed by atoms with Crippen molar-refractivity contribution in [2.24, 2.45) is 5.92 Å². The number of phenolic OH excluding ortho intramolecular Hbond substituents is 1. The molecule has 7 heteroatoms.